The van der Waals surface area contributed by atoms with E-state index in [4.69, 9.17) is 0 Å². The first-order valence-corrected chi connectivity index (χ1v) is 5.59. The summed E-state index contributed by atoms with van der Waals surface area (Å²) in [6, 6.07) is 18.3. The number of carbonyl (C=O) groups excluding carboxylic acids is 1. The minimum Gasteiger partial charge on any atom is -0.298 e. The molecule has 2 aromatic carbocycles. The number of hydrogen-bond acceptors (Lipinski definition) is 1. The van der Waals surface area contributed by atoms with E-state index in [9.17, 15) is 4.79 Å². The van der Waals surface area contributed by atoms with Crippen LogP contribution in [0.4, 0.5) is 0 Å². The number of allylic oxidation sites excluding steroid dienone is 1. The summed E-state index contributed by atoms with van der Waals surface area (Å²) in [7, 11) is 0. The Kier molecular flexibility index (Phi) is 3.51. The highest BCUT2D eigenvalue weighted by atomic mass is 16.1. The second kappa shape index (κ2) is 5.26. The van der Waals surface area contributed by atoms with Gasteiger partial charge in [-0.2, -0.15) is 0 Å². The second-order valence-corrected chi connectivity index (χ2v) is 3.96. The molecule has 0 heterocycles. The van der Waals surface area contributed by atoms with Crippen molar-refractivity contribution >= 4 is 12.4 Å². The van der Waals surface area contributed by atoms with Crippen LogP contribution in [0.3, 0.4) is 0 Å². The highest BCUT2D eigenvalue weighted by molar-refractivity contribution is 5.85. The fourth-order valence-electron chi connectivity index (χ4n) is 1.78. The van der Waals surface area contributed by atoms with Gasteiger partial charge in [-0.1, -0.05) is 54.6 Å². The summed E-state index contributed by atoms with van der Waals surface area (Å²) >= 11 is 0. The minimum atomic E-state index is 0.730. The highest BCUT2D eigenvalue weighted by Gasteiger charge is 2.01. The molecule has 0 aliphatic heterocycles. The first-order valence-electron chi connectivity index (χ1n) is 5.59. The number of aldehydes is 1. The molecule has 0 aliphatic carbocycles. The molecule has 0 aromatic heterocycles. The Morgan fingerprint density at radius 1 is 0.941 bits per heavy atom. The third kappa shape index (κ3) is 2.70. The Morgan fingerprint density at radius 3 is 2.29 bits per heavy atom. The standard InChI is InChI=1S/C16H14O/c1-13(12-17)11-15-9-5-6-10-16(15)14-7-3-2-4-8-14/h2-12H,1H3. The Bertz CT molecular complexity index is 538. The highest BCUT2D eigenvalue weighted by Crippen LogP contribution is 2.24. The molecule has 0 N–H and O–H groups in total. The van der Waals surface area contributed by atoms with Crippen LogP contribution in [0.5, 0.6) is 0 Å². The molecular formula is C16H14O. The van der Waals surface area contributed by atoms with Gasteiger partial charge in [-0.3, -0.25) is 4.79 Å². The van der Waals surface area contributed by atoms with Gasteiger partial charge in [-0.25, -0.2) is 0 Å². The zero-order valence-electron chi connectivity index (χ0n) is 9.76. The van der Waals surface area contributed by atoms with E-state index in [0.717, 1.165) is 28.5 Å². The second-order valence-electron chi connectivity index (χ2n) is 3.96. The first-order chi connectivity index (χ1) is 8.31. The van der Waals surface area contributed by atoms with Crippen molar-refractivity contribution in [2.24, 2.45) is 0 Å². The monoisotopic (exact) mass is 222 g/mol. The summed E-state index contributed by atoms with van der Waals surface area (Å²) in [4.78, 5) is 10.7. The third-order valence-corrected chi connectivity index (χ3v) is 2.61. The van der Waals surface area contributed by atoms with Crippen LogP contribution >= 0.6 is 0 Å². The van der Waals surface area contributed by atoms with Crippen LogP contribution in [0.1, 0.15) is 12.5 Å². The van der Waals surface area contributed by atoms with E-state index in [1.165, 1.54) is 0 Å². The third-order valence-electron chi connectivity index (χ3n) is 2.61. The SMILES string of the molecule is CC(C=O)=Cc1ccccc1-c1ccccc1. The lowest BCUT2D eigenvalue weighted by molar-refractivity contribution is -0.104. The van der Waals surface area contributed by atoms with E-state index in [1.54, 1.807) is 0 Å². The normalized spacial score (nSPS) is 11.2. The smallest absolute Gasteiger partial charge is 0.145 e. The van der Waals surface area contributed by atoms with Crippen molar-refractivity contribution in [2.45, 2.75) is 6.92 Å². The fourth-order valence-corrected chi connectivity index (χ4v) is 1.78. The van der Waals surface area contributed by atoms with Crippen LogP contribution in [0.25, 0.3) is 17.2 Å². The Morgan fingerprint density at radius 2 is 1.59 bits per heavy atom. The summed E-state index contributed by atoms with van der Waals surface area (Å²) in [6.07, 6.45) is 2.79. The van der Waals surface area contributed by atoms with Gasteiger partial charge in [0.15, 0.2) is 0 Å². The molecule has 1 heteroatoms. The van der Waals surface area contributed by atoms with Crippen LogP contribution in [-0.4, -0.2) is 6.29 Å². The fraction of sp³-hybridized carbons (Fsp3) is 0.0625. The van der Waals surface area contributed by atoms with Gasteiger partial charge in [0.05, 0.1) is 0 Å². The molecule has 0 fully saturated rings. The van der Waals surface area contributed by atoms with Gasteiger partial charge in [0.1, 0.15) is 6.29 Å². The molecule has 0 spiro atoms. The van der Waals surface area contributed by atoms with Gasteiger partial charge in [-0.15, -0.1) is 0 Å². The number of benzene rings is 2. The van der Waals surface area contributed by atoms with Crippen LogP contribution in [-0.2, 0) is 4.79 Å². The maximum absolute atomic E-state index is 10.7. The van der Waals surface area contributed by atoms with Crippen LogP contribution < -0.4 is 0 Å². The van der Waals surface area contributed by atoms with Gasteiger partial charge in [0.2, 0.25) is 0 Å². The van der Waals surface area contributed by atoms with Crippen molar-refractivity contribution in [3.63, 3.8) is 0 Å². The molecule has 0 unspecified atom stereocenters. The maximum atomic E-state index is 10.7. The van der Waals surface area contributed by atoms with E-state index in [2.05, 4.69) is 18.2 Å². The quantitative estimate of drug-likeness (QED) is 0.567. The Labute approximate surface area is 101 Å². The summed E-state index contributed by atoms with van der Waals surface area (Å²) in [6.45, 7) is 1.81. The van der Waals surface area contributed by atoms with Crippen molar-refractivity contribution < 1.29 is 4.79 Å². The largest absolute Gasteiger partial charge is 0.298 e. The van der Waals surface area contributed by atoms with Gasteiger partial charge in [-0.05, 0) is 35.3 Å². The van der Waals surface area contributed by atoms with Gasteiger partial charge in [0.25, 0.3) is 0 Å². The Balaban J connectivity index is 2.52. The number of carbonyl (C=O) groups is 1. The van der Waals surface area contributed by atoms with E-state index in [-0.39, 0.29) is 0 Å². The molecule has 1 nitrogen and oxygen atoms in total. The minimum absolute atomic E-state index is 0.730. The molecule has 0 saturated heterocycles. The first kappa shape index (κ1) is 11.3. The zero-order chi connectivity index (χ0) is 12.1. The molecule has 0 radical (unpaired) electrons. The average Bonchev–Trinajstić information content (AvgIpc) is 2.40. The molecule has 2 rings (SSSR count). The van der Waals surface area contributed by atoms with Crippen LogP contribution in [0.15, 0.2) is 60.2 Å². The molecule has 84 valence electrons. The molecule has 0 bridgehead atoms. The van der Waals surface area contributed by atoms with Gasteiger partial charge >= 0.3 is 0 Å². The van der Waals surface area contributed by atoms with E-state index < -0.39 is 0 Å². The van der Waals surface area contributed by atoms with Crippen molar-refractivity contribution in [2.75, 3.05) is 0 Å². The molecule has 0 amide bonds. The van der Waals surface area contributed by atoms with Crippen LogP contribution in [0, 0.1) is 0 Å². The predicted molar refractivity (Wildman–Crippen MR) is 71.6 cm³/mol. The lowest BCUT2D eigenvalue weighted by Gasteiger charge is -2.06. The topological polar surface area (TPSA) is 17.1 Å². The predicted octanol–water partition coefficient (Wildman–Crippen LogP) is 3.96. The number of rotatable bonds is 3. The van der Waals surface area contributed by atoms with E-state index in [0.29, 0.717) is 0 Å². The van der Waals surface area contributed by atoms with Crippen molar-refractivity contribution in [1.82, 2.24) is 0 Å². The molecule has 2 aromatic rings. The lowest BCUT2D eigenvalue weighted by Crippen LogP contribution is -1.84. The molecular weight excluding hydrogens is 208 g/mol. The van der Waals surface area contributed by atoms with Gasteiger partial charge < -0.3 is 0 Å². The lowest BCUT2D eigenvalue weighted by atomic mass is 9.98. The zero-order valence-corrected chi connectivity index (χ0v) is 9.76. The maximum Gasteiger partial charge on any atom is 0.145 e. The summed E-state index contributed by atoms with van der Waals surface area (Å²) in [5.74, 6) is 0. The molecule has 0 atom stereocenters. The number of hydrogen-bond donors (Lipinski definition) is 0. The van der Waals surface area contributed by atoms with E-state index >= 15 is 0 Å². The van der Waals surface area contributed by atoms with Gasteiger partial charge in [0, 0.05) is 0 Å². The molecule has 0 saturated carbocycles. The summed E-state index contributed by atoms with van der Waals surface area (Å²) < 4.78 is 0. The molecule has 0 aliphatic rings. The summed E-state index contributed by atoms with van der Waals surface area (Å²) in [5.41, 5.74) is 4.11. The van der Waals surface area contributed by atoms with E-state index in [1.807, 2.05) is 49.4 Å². The molecule has 17 heavy (non-hydrogen) atoms. The average molecular weight is 222 g/mol. The van der Waals surface area contributed by atoms with Crippen molar-refractivity contribution in [3.8, 4) is 11.1 Å². The summed E-state index contributed by atoms with van der Waals surface area (Å²) in [5, 5.41) is 0. The van der Waals surface area contributed by atoms with Crippen LogP contribution in [0.2, 0.25) is 0 Å². The van der Waals surface area contributed by atoms with Crippen molar-refractivity contribution in [1.29, 1.82) is 0 Å². The Hall–Kier alpha value is -2.15. The van der Waals surface area contributed by atoms with Crippen molar-refractivity contribution in [3.05, 3.63) is 65.7 Å².